The molecule has 1 heterocycles. The summed E-state index contributed by atoms with van der Waals surface area (Å²) in [6, 6.07) is 12.9. The largest absolute Gasteiger partial charge is 0.457 e. The Morgan fingerprint density at radius 2 is 2.15 bits per heavy atom. The van der Waals surface area contributed by atoms with Crippen LogP contribution in [0.15, 0.2) is 42.5 Å². The quantitative estimate of drug-likeness (QED) is 0.876. The first kappa shape index (κ1) is 13.0. The third-order valence-electron chi connectivity index (χ3n) is 3.31. The molecule has 4 heteroatoms. The standard InChI is InChI=1S/C16H14ClNO2/c17-14-3-1-2-11(8-14)10-20-16(19)13-5-4-12-6-7-18-15(12)9-13/h1-5,8-9,18H,6-7,10H2. The van der Waals surface area contributed by atoms with E-state index < -0.39 is 0 Å². The summed E-state index contributed by atoms with van der Waals surface area (Å²) in [6.45, 7) is 1.15. The number of carbonyl (C=O) groups excluding carboxylic acids is 1. The molecule has 0 aromatic heterocycles. The van der Waals surface area contributed by atoms with Crippen LogP contribution in [0.4, 0.5) is 5.69 Å². The fourth-order valence-electron chi connectivity index (χ4n) is 2.28. The molecule has 1 aliphatic rings. The first-order valence-corrected chi connectivity index (χ1v) is 6.88. The van der Waals surface area contributed by atoms with Crippen LogP contribution in [-0.4, -0.2) is 12.5 Å². The maximum atomic E-state index is 12.0. The van der Waals surface area contributed by atoms with Crippen molar-refractivity contribution in [1.29, 1.82) is 0 Å². The first-order chi connectivity index (χ1) is 9.72. The molecular formula is C16H14ClNO2. The molecule has 3 nitrogen and oxygen atoms in total. The van der Waals surface area contributed by atoms with Crippen LogP contribution in [0, 0.1) is 0 Å². The first-order valence-electron chi connectivity index (χ1n) is 6.51. The molecule has 2 aromatic rings. The van der Waals surface area contributed by atoms with Crippen LogP contribution in [-0.2, 0) is 17.8 Å². The van der Waals surface area contributed by atoms with Crippen LogP contribution in [0.2, 0.25) is 5.02 Å². The molecule has 0 bridgehead atoms. The second-order valence-electron chi connectivity index (χ2n) is 4.75. The second-order valence-corrected chi connectivity index (χ2v) is 5.19. The number of benzene rings is 2. The van der Waals surface area contributed by atoms with Gasteiger partial charge in [-0.1, -0.05) is 29.8 Å². The summed E-state index contributed by atoms with van der Waals surface area (Å²) in [6.07, 6.45) is 1.01. The summed E-state index contributed by atoms with van der Waals surface area (Å²) in [7, 11) is 0. The van der Waals surface area contributed by atoms with E-state index >= 15 is 0 Å². The summed E-state index contributed by atoms with van der Waals surface area (Å²) in [4.78, 5) is 12.0. The van der Waals surface area contributed by atoms with E-state index in [0.717, 1.165) is 24.2 Å². The van der Waals surface area contributed by atoms with Crippen molar-refractivity contribution in [3.8, 4) is 0 Å². The summed E-state index contributed by atoms with van der Waals surface area (Å²) < 4.78 is 5.30. The number of esters is 1. The highest BCUT2D eigenvalue weighted by Crippen LogP contribution is 2.23. The molecule has 1 N–H and O–H groups in total. The van der Waals surface area contributed by atoms with Gasteiger partial charge >= 0.3 is 5.97 Å². The van der Waals surface area contributed by atoms with Gasteiger partial charge in [-0.3, -0.25) is 0 Å². The third kappa shape index (κ3) is 2.78. The molecule has 1 aliphatic heterocycles. The molecule has 0 fully saturated rings. The molecule has 0 atom stereocenters. The van der Waals surface area contributed by atoms with E-state index in [9.17, 15) is 4.79 Å². The van der Waals surface area contributed by atoms with Gasteiger partial charge < -0.3 is 10.1 Å². The molecule has 0 saturated heterocycles. The molecule has 0 radical (unpaired) electrons. The Morgan fingerprint density at radius 3 is 3.00 bits per heavy atom. The van der Waals surface area contributed by atoms with Crippen molar-refractivity contribution in [2.75, 3.05) is 11.9 Å². The van der Waals surface area contributed by atoms with Crippen LogP contribution in [0.25, 0.3) is 0 Å². The summed E-state index contributed by atoms with van der Waals surface area (Å²) >= 11 is 5.89. The van der Waals surface area contributed by atoms with Crippen molar-refractivity contribution in [2.45, 2.75) is 13.0 Å². The monoisotopic (exact) mass is 287 g/mol. The maximum Gasteiger partial charge on any atom is 0.338 e. The Bertz CT molecular complexity index is 655. The van der Waals surface area contributed by atoms with Gasteiger partial charge in [-0.15, -0.1) is 0 Å². The highest BCUT2D eigenvalue weighted by atomic mass is 35.5. The minimum Gasteiger partial charge on any atom is -0.457 e. The van der Waals surface area contributed by atoms with E-state index in [0.29, 0.717) is 10.6 Å². The molecule has 20 heavy (non-hydrogen) atoms. The number of anilines is 1. The highest BCUT2D eigenvalue weighted by molar-refractivity contribution is 6.30. The predicted octanol–water partition coefficient (Wildman–Crippen LogP) is 3.67. The van der Waals surface area contributed by atoms with Crippen molar-refractivity contribution in [3.63, 3.8) is 0 Å². The lowest BCUT2D eigenvalue weighted by Crippen LogP contribution is -2.05. The summed E-state index contributed by atoms with van der Waals surface area (Å²) in [5.41, 5.74) is 3.73. The van der Waals surface area contributed by atoms with Gasteiger partial charge in [0.25, 0.3) is 0 Å². The molecular weight excluding hydrogens is 274 g/mol. The van der Waals surface area contributed by atoms with Crippen molar-refractivity contribution in [3.05, 3.63) is 64.2 Å². The minimum atomic E-state index is -0.318. The van der Waals surface area contributed by atoms with Crippen LogP contribution in [0.5, 0.6) is 0 Å². The fraction of sp³-hybridized carbons (Fsp3) is 0.188. The van der Waals surface area contributed by atoms with Crippen molar-refractivity contribution in [2.24, 2.45) is 0 Å². The number of hydrogen-bond donors (Lipinski definition) is 1. The van der Waals surface area contributed by atoms with E-state index in [2.05, 4.69) is 5.32 Å². The average Bonchev–Trinajstić information content (AvgIpc) is 2.92. The predicted molar refractivity (Wildman–Crippen MR) is 79.2 cm³/mol. The lowest BCUT2D eigenvalue weighted by atomic mass is 10.1. The number of rotatable bonds is 3. The van der Waals surface area contributed by atoms with Gasteiger partial charge in [0.1, 0.15) is 6.61 Å². The summed E-state index contributed by atoms with van der Waals surface area (Å²) in [5.74, 6) is -0.318. The van der Waals surface area contributed by atoms with E-state index in [1.54, 1.807) is 12.1 Å². The molecule has 0 spiro atoms. The van der Waals surface area contributed by atoms with Gasteiger partial charge in [0.2, 0.25) is 0 Å². The Morgan fingerprint density at radius 1 is 1.25 bits per heavy atom. The number of halogens is 1. The van der Waals surface area contributed by atoms with Crippen molar-refractivity contribution in [1.82, 2.24) is 0 Å². The normalized spacial score (nSPS) is 12.7. The van der Waals surface area contributed by atoms with E-state index in [4.69, 9.17) is 16.3 Å². The van der Waals surface area contributed by atoms with Crippen LogP contribution in [0.1, 0.15) is 21.5 Å². The van der Waals surface area contributed by atoms with Gasteiger partial charge in [-0.2, -0.15) is 0 Å². The number of hydrogen-bond acceptors (Lipinski definition) is 3. The van der Waals surface area contributed by atoms with Crippen molar-refractivity contribution < 1.29 is 9.53 Å². The Hall–Kier alpha value is -2.00. The fourth-order valence-corrected chi connectivity index (χ4v) is 2.49. The SMILES string of the molecule is O=C(OCc1cccc(Cl)c1)c1ccc2c(c1)NCC2. The zero-order chi connectivity index (χ0) is 13.9. The van der Waals surface area contributed by atoms with E-state index in [1.165, 1.54) is 5.56 Å². The smallest absolute Gasteiger partial charge is 0.338 e. The maximum absolute atomic E-state index is 12.0. The van der Waals surface area contributed by atoms with Gasteiger partial charge in [-0.25, -0.2) is 4.79 Å². The topological polar surface area (TPSA) is 38.3 Å². The lowest BCUT2D eigenvalue weighted by molar-refractivity contribution is 0.0473. The van der Waals surface area contributed by atoms with E-state index in [-0.39, 0.29) is 12.6 Å². The molecule has 3 rings (SSSR count). The molecule has 0 amide bonds. The molecule has 0 saturated carbocycles. The van der Waals surface area contributed by atoms with Crippen LogP contribution < -0.4 is 5.32 Å². The molecule has 0 unspecified atom stereocenters. The van der Waals surface area contributed by atoms with Gasteiger partial charge in [-0.05, 0) is 41.8 Å². The molecule has 102 valence electrons. The number of fused-ring (bicyclic) bond motifs is 1. The lowest BCUT2D eigenvalue weighted by Gasteiger charge is -2.07. The zero-order valence-corrected chi connectivity index (χ0v) is 11.6. The Labute approximate surface area is 122 Å². The zero-order valence-electron chi connectivity index (χ0n) is 10.9. The number of carbonyl (C=O) groups is 1. The van der Waals surface area contributed by atoms with Crippen LogP contribution >= 0.6 is 11.6 Å². The van der Waals surface area contributed by atoms with Crippen molar-refractivity contribution >= 4 is 23.3 Å². The third-order valence-corrected chi connectivity index (χ3v) is 3.55. The highest BCUT2D eigenvalue weighted by Gasteiger charge is 2.14. The Kier molecular flexibility index (Phi) is 3.61. The second kappa shape index (κ2) is 5.55. The number of nitrogens with one attached hydrogen (secondary N) is 1. The van der Waals surface area contributed by atoms with Crippen LogP contribution in [0.3, 0.4) is 0 Å². The summed E-state index contributed by atoms with van der Waals surface area (Å²) in [5, 5.41) is 3.89. The van der Waals surface area contributed by atoms with Gasteiger partial charge in [0.05, 0.1) is 5.56 Å². The minimum absolute atomic E-state index is 0.226. The average molecular weight is 288 g/mol. The van der Waals surface area contributed by atoms with Gasteiger partial charge in [0.15, 0.2) is 0 Å². The Balaban J connectivity index is 1.67. The number of ether oxygens (including phenoxy) is 1. The molecule has 2 aromatic carbocycles. The molecule has 0 aliphatic carbocycles. The van der Waals surface area contributed by atoms with Gasteiger partial charge in [0, 0.05) is 17.3 Å². The van der Waals surface area contributed by atoms with E-state index in [1.807, 2.05) is 30.3 Å².